The fourth-order valence-corrected chi connectivity index (χ4v) is 2.40. The van der Waals surface area contributed by atoms with Crippen molar-refractivity contribution in [2.75, 3.05) is 33.9 Å². The Balaban J connectivity index is 1.91. The summed E-state index contributed by atoms with van der Waals surface area (Å²) in [6, 6.07) is 5.94. The Bertz CT molecular complexity index is 493. The van der Waals surface area contributed by atoms with E-state index in [0.29, 0.717) is 24.1 Å². The molecule has 2 rings (SSSR count). The predicted octanol–water partition coefficient (Wildman–Crippen LogP) is 1.21. The van der Waals surface area contributed by atoms with E-state index in [0.717, 1.165) is 25.2 Å². The van der Waals surface area contributed by atoms with Crippen LogP contribution in [0.3, 0.4) is 0 Å². The number of carbonyl (C=O) groups excluding carboxylic acids is 1. The number of hydrogen-bond acceptors (Lipinski definition) is 4. The first-order valence-electron chi connectivity index (χ1n) is 7.11. The number of rotatable bonds is 4. The highest BCUT2D eigenvalue weighted by molar-refractivity contribution is 5.74. The molecule has 1 aromatic rings. The van der Waals surface area contributed by atoms with Gasteiger partial charge in [-0.3, -0.25) is 0 Å². The van der Waals surface area contributed by atoms with Gasteiger partial charge in [0.05, 0.1) is 14.2 Å². The molecular weight excluding hydrogens is 270 g/mol. The van der Waals surface area contributed by atoms with Crippen LogP contribution in [0, 0.1) is 0 Å². The summed E-state index contributed by atoms with van der Waals surface area (Å²) in [5, 5.41) is 6.26. The zero-order valence-electron chi connectivity index (χ0n) is 12.8. The van der Waals surface area contributed by atoms with Crippen LogP contribution < -0.4 is 20.1 Å². The van der Waals surface area contributed by atoms with Crippen molar-refractivity contribution < 1.29 is 14.3 Å². The molecule has 21 heavy (non-hydrogen) atoms. The van der Waals surface area contributed by atoms with Gasteiger partial charge < -0.3 is 25.0 Å². The van der Waals surface area contributed by atoms with Gasteiger partial charge in [0.15, 0.2) is 11.5 Å². The van der Waals surface area contributed by atoms with Crippen molar-refractivity contribution in [3.8, 4) is 11.5 Å². The highest BCUT2D eigenvalue weighted by Crippen LogP contribution is 2.27. The SMILES string of the molecule is COc1ccc(CNC(=O)N2CCNC(C)C2)cc1OC. The smallest absolute Gasteiger partial charge is 0.317 e. The van der Waals surface area contributed by atoms with Crippen molar-refractivity contribution in [2.24, 2.45) is 0 Å². The molecule has 2 amide bonds. The molecule has 0 aliphatic carbocycles. The third-order valence-electron chi connectivity index (χ3n) is 3.55. The van der Waals surface area contributed by atoms with E-state index >= 15 is 0 Å². The third kappa shape index (κ3) is 4.01. The summed E-state index contributed by atoms with van der Waals surface area (Å²) in [7, 11) is 3.20. The number of nitrogens with one attached hydrogen (secondary N) is 2. The number of hydrogen-bond donors (Lipinski definition) is 2. The molecule has 1 fully saturated rings. The second kappa shape index (κ2) is 7.17. The molecule has 6 heteroatoms. The monoisotopic (exact) mass is 293 g/mol. The Morgan fingerprint density at radius 1 is 1.38 bits per heavy atom. The van der Waals surface area contributed by atoms with E-state index in [4.69, 9.17) is 9.47 Å². The van der Waals surface area contributed by atoms with Crippen molar-refractivity contribution in [3.05, 3.63) is 23.8 Å². The molecule has 0 radical (unpaired) electrons. The number of piperazine rings is 1. The molecule has 1 atom stereocenters. The molecule has 1 saturated heterocycles. The first kappa shape index (κ1) is 15.4. The third-order valence-corrected chi connectivity index (χ3v) is 3.55. The Morgan fingerprint density at radius 2 is 2.14 bits per heavy atom. The lowest BCUT2D eigenvalue weighted by atomic mass is 10.2. The molecule has 1 heterocycles. The zero-order valence-corrected chi connectivity index (χ0v) is 12.8. The van der Waals surface area contributed by atoms with Crippen molar-refractivity contribution in [3.63, 3.8) is 0 Å². The van der Waals surface area contributed by atoms with Gasteiger partial charge in [0.1, 0.15) is 0 Å². The second-order valence-electron chi connectivity index (χ2n) is 5.15. The lowest BCUT2D eigenvalue weighted by molar-refractivity contribution is 0.179. The second-order valence-corrected chi connectivity index (χ2v) is 5.15. The van der Waals surface area contributed by atoms with Gasteiger partial charge in [-0.1, -0.05) is 6.07 Å². The summed E-state index contributed by atoms with van der Waals surface area (Å²) >= 11 is 0. The van der Waals surface area contributed by atoms with Crippen LogP contribution in [0.2, 0.25) is 0 Å². The normalized spacial score (nSPS) is 18.2. The highest BCUT2D eigenvalue weighted by Gasteiger charge is 2.20. The van der Waals surface area contributed by atoms with Crippen LogP contribution >= 0.6 is 0 Å². The Hall–Kier alpha value is -1.95. The van der Waals surface area contributed by atoms with E-state index in [1.807, 2.05) is 23.1 Å². The van der Waals surface area contributed by atoms with Crippen molar-refractivity contribution in [1.29, 1.82) is 0 Å². The summed E-state index contributed by atoms with van der Waals surface area (Å²) in [6.45, 7) is 4.86. The maximum absolute atomic E-state index is 12.1. The molecule has 2 N–H and O–H groups in total. The van der Waals surface area contributed by atoms with Gasteiger partial charge in [-0.05, 0) is 24.6 Å². The maximum Gasteiger partial charge on any atom is 0.317 e. The van der Waals surface area contributed by atoms with E-state index in [1.54, 1.807) is 14.2 Å². The molecule has 1 aromatic carbocycles. The minimum atomic E-state index is -0.0295. The first-order chi connectivity index (χ1) is 10.1. The molecular formula is C15H23N3O3. The van der Waals surface area contributed by atoms with Gasteiger partial charge in [-0.2, -0.15) is 0 Å². The van der Waals surface area contributed by atoms with Crippen LogP contribution in [-0.2, 0) is 6.54 Å². The van der Waals surface area contributed by atoms with E-state index in [9.17, 15) is 4.79 Å². The Labute approximate surface area is 125 Å². The maximum atomic E-state index is 12.1. The number of methoxy groups -OCH3 is 2. The average Bonchev–Trinajstić information content (AvgIpc) is 2.52. The van der Waals surface area contributed by atoms with Crippen molar-refractivity contribution in [1.82, 2.24) is 15.5 Å². The molecule has 0 aromatic heterocycles. The van der Waals surface area contributed by atoms with Crippen LogP contribution in [0.25, 0.3) is 0 Å². The molecule has 116 valence electrons. The summed E-state index contributed by atoms with van der Waals surface area (Å²) in [4.78, 5) is 14.0. The average molecular weight is 293 g/mol. The van der Waals surface area contributed by atoms with Gasteiger partial charge in [-0.25, -0.2) is 4.79 Å². The number of ether oxygens (including phenoxy) is 2. The van der Waals surface area contributed by atoms with E-state index in [1.165, 1.54) is 0 Å². The predicted molar refractivity (Wildman–Crippen MR) is 80.8 cm³/mol. The Kier molecular flexibility index (Phi) is 5.27. The van der Waals surface area contributed by atoms with Crippen molar-refractivity contribution in [2.45, 2.75) is 19.5 Å². The first-order valence-corrected chi connectivity index (χ1v) is 7.11. The highest BCUT2D eigenvalue weighted by atomic mass is 16.5. The molecule has 1 aliphatic rings. The number of nitrogens with zero attached hydrogens (tertiary/aromatic N) is 1. The zero-order chi connectivity index (χ0) is 15.2. The Morgan fingerprint density at radius 3 is 2.81 bits per heavy atom. The molecule has 0 bridgehead atoms. The molecule has 6 nitrogen and oxygen atoms in total. The van der Waals surface area contributed by atoms with Gasteiger partial charge in [0.25, 0.3) is 0 Å². The molecule has 1 aliphatic heterocycles. The standard InChI is InChI=1S/C15H23N3O3/c1-11-10-18(7-6-16-11)15(19)17-9-12-4-5-13(20-2)14(8-12)21-3/h4-5,8,11,16H,6-7,9-10H2,1-3H3,(H,17,19). The van der Waals surface area contributed by atoms with Gasteiger partial charge in [0.2, 0.25) is 0 Å². The quantitative estimate of drug-likeness (QED) is 0.876. The topological polar surface area (TPSA) is 62.8 Å². The van der Waals surface area contributed by atoms with Crippen LogP contribution in [-0.4, -0.2) is 50.8 Å². The van der Waals surface area contributed by atoms with Crippen LogP contribution in [0.1, 0.15) is 12.5 Å². The molecule has 0 saturated carbocycles. The van der Waals surface area contributed by atoms with Crippen LogP contribution in [0.5, 0.6) is 11.5 Å². The van der Waals surface area contributed by atoms with Gasteiger partial charge >= 0.3 is 6.03 Å². The van der Waals surface area contributed by atoms with Gasteiger partial charge in [0, 0.05) is 32.2 Å². The summed E-state index contributed by atoms with van der Waals surface area (Å²) in [5.74, 6) is 1.35. The lowest BCUT2D eigenvalue weighted by Crippen LogP contribution is -2.53. The number of carbonyl (C=O) groups is 1. The van der Waals surface area contributed by atoms with E-state index in [-0.39, 0.29) is 6.03 Å². The number of amides is 2. The minimum Gasteiger partial charge on any atom is -0.493 e. The van der Waals surface area contributed by atoms with Crippen LogP contribution in [0.15, 0.2) is 18.2 Å². The fraction of sp³-hybridized carbons (Fsp3) is 0.533. The van der Waals surface area contributed by atoms with Gasteiger partial charge in [-0.15, -0.1) is 0 Å². The van der Waals surface area contributed by atoms with Crippen molar-refractivity contribution >= 4 is 6.03 Å². The number of urea groups is 1. The summed E-state index contributed by atoms with van der Waals surface area (Å²) < 4.78 is 10.5. The molecule has 0 spiro atoms. The van der Waals surface area contributed by atoms with E-state index in [2.05, 4.69) is 17.6 Å². The number of benzene rings is 1. The molecule has 1 unspecified atom stereocenters. The largest absolute Gasteiger partial charge is 0.493 e. The summed E-state index contributed by atoms with van der Waals surface area (Å²) in [5.41, 5.74) is 0.976. The minimum absolute atomic E-state index is 0.0295. The van der Waals surface area contributed by atoms with Crippen LogP contribution in [0.4, 0.5) is 4.79 Å². The lowest BCUT2D eigenvalue weighted by Gasteiger charge is -2.31. The van der Waals surface area contributed by atoms with E-state index < -0.39 is 0 Å². The summed E-state index contributed by atoms with van der Waals surface area (Å²) in [6.07, 6.45) is 0. The fourth-order valence-electron chi connectivity index (χ4n) is 2.40.